The van der Waals surface area contributed by atoms with Crippen molar-refractivity contribution in [2.75, 3.05) is 39.3 Å². The Morgan fingerprint density at radius 2 is 1.76 bits per heavy atom. The number of rotatable bonds is 3. The van der Waals surface area contributed by atoms with Gasteiger partial charge in [0.2, 0.25) is 0 Å². The lowest BCUT2D eigenvalue weighted by Crippen LogP contribution is -2.65. The average molecular weight is 293 g/mol. The van der Waals surface area contributed by atoms with Gasteiger partial charge in [-0.2, -0.15) is 0 Å². The minimum absolute atomic E-state index is 0.515. The van der Waals surface area contributed by atoms with E-state index in [1.54, 1.807) is 0 Å². The Hall–Kier alpha value is -0.120. The number of nitrogens with one attached hydrogen (secondary N) is 1. The second-order valence-electron chi connectivity index (χ2n) is 8.08. The Labute approximate surface area is 131 Å². The molecule has 0 aromatic heterocycles. The van der Waals surface area contributed by atoms with Crippen LogP contribution in [0.1, 0.15) is 58.8 Å². The lowest BCUT2D eigenvalue weighted by atomic mass is 9.77. The highest BCUT2D eigenvalue weighted by Crippen LogP contribution is 2.37. The molecule has 2 aliphatic heterocycles. The van der Waals surface area contributed by atoms with Crippen molar-refractivity contribution >= 4 is 0 Å². The zero-order chi connectivity index (χ0) is 14.7. The van der Waals surface area contributed by atoms with Crippen molar-refractivity contribution in [1.29, 1.82) is 0 Å². The molecule has 1 N–H and O–H groups in total. The normalized spacial score (nSPS) is 29.3. The predicted molar refractivity (Wildman–Crippen MR) is 89.7 cm³/mol. The minimum atomic E-state index is 0.515. The van der Waals surface area contributed by atoms with Crippen LogP contribution in [0.5, 0.6) is 0 Å². The summed E-state index contributed by atoms with van der Waals surface area (Å²) in [6.45, 7) is 12.4. The summed E-state index contributed by atoms with van der Waals surface area (Å²) in [5.74, 6) is 0.811. The summed E-state index contributed by atoms with van der Waals surface area (Å²) >= 11 is 0. The molecule has 3 rings (SSSR count). The summed E-state index contributed by atoms with van der Waals surface area (Å²) in [7, 11) is 0. The summed E-state index contributed by atoms with van der Waals surface area (Å²) in [6, 6.07) is 0.855. The van der Waals surface area contributed by atoms with E-state index >= 15 is 0 Å². The zero-order valence-corrected chi connectivity index (χ0v) is 14.2. The molecular weight excluding hydrogens is 258 g/mol. The van der Waals surface area contributed by atoms with Crippen molar-refractivity contribution in [3.05, 3.63) is 0 Å². The van der Waals surface area contributed by atoms with Gasteiger partial charge in [0.1, 0.15) is 0 Å². The standard InChI is InChI=1S/C18H35N3/c1-16(2)14-20-11-6-17(7-12-20)21-13-10-19-15-18(21)8-4-3-5-9-18/h16-17,19H,3-15H2,1-2H3. The fraction of sp³-hybridized carbons (Fsp3) is 1.00. The number of piperazine rings is 1. The molecule has 2 saturated heterocycles. The van der Waals surface area contributed by atoms with Gasteiger partial charge < -0.3 is 10.2 Å². The molecule has 3 aliphatic rings. The molecule has 3 fully saturated rings. The Kier molecular flexibility index (Phi) is 5.23. The minimum Gasteiger partial charge on any atom is -0.314 e. The lowest BCUT2D eigenvalue weighted by Gasteiger charge is -2.54. The topological polar surface area (TPSA) is 18.5 Å². The van der Waals surface area contributed by atoms with Gasteiger partial charge in [0.25, 0.3) is 0 Å². The summed E-state index contributed by atoms with van der Waals surface area (Å²) in [5, 5.41) is 3.70. The van der Waals surface area contributed by atoms with Crippen LogP contribution in [-0.4, -0.2) is 60.6 Å². The highest BCUT2D eigenvalue weighted by molar-refractivity contribution is 5.01. The van der Waals surface area contributed by atoms with Crippen LogP contribution in [0, 0.1) is 5.92 Å². The second kappa shape index (κ2) is 6.97. The number of nitrogens with zero attached hydrogens (tertiary/aromatic N) is 2. The van der Waals surface area contributed by atoms with Gasteiger partial charge in [-0.1, -0.05) is 33.1 Å². The van der Waals surface area contributed by atoms with Crippen LogP contribution >= 0.6 is 0 Å². The van der Waals surface area contributed by atoms with Crippen molar-refractivity contribution < 1.29 is 0 Å². The Balaban J connectivity index is 1.60. The number of hydrogen-bond donors (Lipinski definition) is 1. The number of piperidine rings is 1. The molecule has 2 heterocycles. The van der Waals surface area contributed by atoms with Crippen molar-refractivity contribution in [3.63, 3.8) is 0 Å². The van der Waals surface area contributed by atoms with Gasteiger partial charge in [-0.3, -0.25) is 4.90 Å². The highest BCUT2D eigenvalue weighted by Gasteiger charge is 2.43. The van der Waals surface area contributed by atoms with Crippen LogP contribution in [0.15, 0.2) is 0 Å². The molecule has 1 aliphatic carbocycles. The molecule has 0 unspecified atom stereocenters. The Bertz CT molecular complexity index is 306. The molecule has 21 heavy (non-hydrogen) atoms. The molecule has 0 amide bonds. The fourth-order valence-corrected chi connectivity index (χ4v) is 5.03. The van der Waals surface area contributed by atoms with E-state index in [4.69, 9.17) is 0 Å². The first kappa shape index (κ1) is 15.8. The van der Waals surface area contributed by atoms with Gasteiger partial charge in [-0.05, 0) is 44.7 Å². The molecule has 3 nitrogen and oxygen atoms in total. The van der Waals surface area contributed by atoms with Gasteiger partial charge in [-0.25, -0.2) is 0 Å². The molecule has 0 radical (unpaired) electrons. The molecule has 0 aromatic carbocycles. The molecule has 0 atom stereocenters. The van der Waals surface area contributed by atoms with E-state index in [1.807, 2.05) is 0 Å². The largest absolute Gasteiger partial charge is 0.314 e. The van der Waals surface area contributed by atoms with Gasteiger partial charge >= 0.3 is 0 Å². The van der Waals surface area contributed by atoms with Crippen LogP contribution in [0.2, 0.25) is 0 Å². The van der Waals surface area contributed by atoms with Crippen molar-refractivity contribution in [2.24, 2.45) is 5.92 Å². The number of likely N-dealkylation sites (tertiary alicyclic amines) is 1. The maximum atomic E-state index is 3.70. The van der Waals surface area contributed by atoms with E-state index in [1.165, 1.54) is 84.2 Å². The molecule has 0 bridgehead atoms. The quantitative estimate of drug-likeness (QED) is 0.863. The van der Waals surface area contributed by atoms with Crippen LogP contribution in [0.4, 0.5) is 0 Å². The summed E-state index contributed by atoms with van der Waals surface area (Å²) in [6.07, 6.45) is 10.0. The summed E-state index contributed by atoms with van der Waals surface area (Å²) in [4.78, 5) is 5.65. The van der Waals surface area contributed by atoms with Crippen molar-refractivity contribution in [3.8, 4) is 0 Å². The van der Waals surface area contributed by atoms with Crippen LogP contribution in [0.3, 0.4) is 0 Å². The zero-order valence-electron chi connectivity index (χ0n) is 14.2. The van der Waals surface area contributed by atoms with Crippen molar-refractivity contribution in [1.82, 2.24) is 15.1 Å². The first-order valence-electron chi connectivity index (χ1n) is 9.39. The van der Waals surface area contributed by atoms with E-state index < -0.39 is 0 Å². The SMILES string of the molecule is CC(C)CN1CCC(N2CCNCC23CCCCC3)CC1. The van der Waals surface area contributed by atoms with E-state index in [-0.39, 0.29) is 0 Å². The number of hydrogen-bond acceptors (Lipinski definition) is 3. The molecular formula is C18H35N3. The third kappa shape index (κ3) is 3.62. The third-order valence-electron chi connectivity index (χ3n) is 6.00. The molecule has 122 valence electrons. The Morgan fingerprint density at radius 3 is 2.43 bits per heavy atom. The maximum Gasteiger partial charge on any atom is 0.0337 e. The summed E-state index contributed by atoms with van der Waals surface area (Å²) in [5.41, 5.74) is 0.515. The van der Waals surface area contributed by atoms with E-state index in [0.29, 0.717) is 5.54 Å². The van der Waals surface area contributed by atoms with E-state index in [2.05, 4.69) is 29.0 Å². The predicted octanol–water partition coefficient (Wildman–Crippen LogP) is 2.71. The maximum absolute atomic E-state index is 3.70. The van der Waals surface area contributed by atoms with Gasteiger partial charge in [0.15, 0.2) is 0 Å². The summed E-state index contributed by atoms with van der Waals surface area (Å²) < 4.78 is 0. The van der Waals surface area contributed by atoms with Crippen LogP contribution in [0.25, 0.3) is 0 Å². The fourth-order valence-electron chi connectivity index (χ4n) is 5.03. The Morgan fingerprint density at radius 1 is 1.05 bits per heavy atom. The van der Waals surface area contributed by atoms with Gasteiger partial charge in [-0.15, -0.1) is 0 Å². The smallest absolute Gasteiger partial charge is 0.0337 e. The highest BCUT2D eigenvalue weighted by atomic mass is 15.3. The van der Waals surface area contributed by atoms with E-state index in [0.717, 1.165) is 12.0 Å². The molecule has 1 spiro atoms. The van der Waals surface area contributed by atoms with Gasteiger partial charge in [0.05, 0.1) is 0 Å². The third-order valence-corrected chi connectivity index (χ3v) is 6.00. The van der Waals surface area contributed by atoms with Crippen LogP contribution in [-0.2, 0) is 0 Å². The van der Waals surface area contributed by atoms with E-state index in [9.17, 15) is 0 Å². The van der Waals surface area contributed by atoms with Gasteiger partial charge in [0, 0.05) is 37.8 Å². The molecule has 3 heteroatoms. The van der Waals surface area contributed by atoms with Crippen LogP contribution < -0.4 is 5.32 Å². The molecule has 1 saturated carbocycles. The first-order chi connectivity index (χ1) is 10.2. The first-order valence-corrected chi connectivity index (χ1v) is 9.39. The second-order valence-corrected chi connectivity index (χ2v) is 8.08. The lowest BCUT2D eigenvalue weighted by molar-refractivity contribution is -0.0281. The monoisotopic (exact) mass is 293 g/mol. The average Bonchev–Trinajstić information content (AvgIpc) is 2.49. The molecule has 0 aromatic rings. The van der Waals surface area contributed by atoms with Crippen molar-refractivity contribution in [2.45, 2.75) is 70.4 Å².